The average molecular weight is 179 g/mol. The van der Waals surface area contributed by atoms with Gasteiger partial charge in [-0.25, -0.2) is 19.2 Å². The fraction of sp³-hybridized carbons (Fsp3) is 0. The van der Waals surface area contributed by atoms with Gasteiger partial charge in [0, 0.05) is 6.20 Å². The van der Waals surface area contributed by atoms with Gasteiger partial charge in [-0.15, -0.1) is 0 Å². The number of nitrogens with one attached hydrogen (secondary N) is 1. The van der Waals surface area contributed by atoms with Gasteiger partial charge in [-0.3, -0.25) is 0 Å². The zero-order valence-electron chi connectivity index (χ0n) is 6.39. The van der Waals surface area contributed by atoms with Crippen LogP contribution in [0.2, 0.25) is 0 Å². The van der Waals surface area contributed by atoms with Crippen molar-refractivity contribution in [2.24, 2.45) is 0 Å². The maximum atomic E-state index is 10.7. The molecule has 2 aromatic heterocycles. The molecule has 0 aliphatic carbocycles. The molecular formula is C7H5N3O3. The van der Waals surface area contributed by atoms with E-state index in [4.69, 9.17) is 5.11 Å². The minimum atomic E-state index is -1.04. The Bertz CT molecular complexity index is 525. The smallest absolute Gasteiger partial charge is 0.362 e. The largest absolute Gasteiger partial charge is 0.478 e. The summed E-state index contributed by atoms with van der Waals surface area (Å²) in [7, 11) is 0. The molecule has 13 heavy (non-hydrogen) atoms. The number of hydrogen-bond acceptors (Lipinski definition) is 3. The maximum absolute atomic E-state index is 10.7. The number of hydrogen-bond donors (Lipinski definition) is 2. The van der Waals surface area contributed by atoms with Crippen molar-refractivity contribution in [3.8, 4) is 0 Å². The summed E-state index contributed by atoms with van der Waals surface area (Å²) >= 11 is 0. The van der Waals surface area contributed by atoms with Crippen molar-refractivity contribution >= 4 is 11.6 Å². The zero-order valence-corrected chi connectivity index (χ0v) is 6.39. The van der Waals surface area contributed by atoms with Crippen LogP contribution in [0.25, 0.3) is 5.65 Å². The van der Waals surface area contributed by atoms with Crippen molar-refractivity contribution in [2.45, 2.75) is 0 Å². The molecule has 0 atom stereocenters. The molecule has 0 saturated heterocycles. The van der Waals surface area contributed by atoms with E-state index in [0.29, 0.717) is 5.65 Å². The number of carboxylic acid groups (broad SMARTS) is 1. The average Bonchev–Trinajstić information content (AvgIpc) is 2.42. The van der Waals surface area contributed by atoms with Crippen molar-refractivity contribution in [3.05, 3.63) is 34.4 Å². The first-order valence-electron chi connectivity index (χ1n) is 3.48. The fourth-order valence-corrected chi connectivity index (χ4v) is 1.03. The Kier molecular flexibility index (Phi) is 1.42. The highest BCUT2D eigenvalue weighted by molar-refractivity contribution is 5.87. The van der Waals surface area contributed by atoms with Crippen LogP contribution in [0.1, 0.15) is 10.4 Å². The van der Waals surface area contributed by atoms with Crippen molar-refractivity contribution in [1.29, 1.82) is 0 Å². The number of nitrogens with zero attached hydrogens (tertiary/aromatic N) is 2. The van der Waals surface area contributed by atoms with E-state index >= 15 is 0 Å². The van der Waals surface area contributed by atoms with E-state index < -0.39 is 11.7 Å². The molecule has 6 nitrogen and oxygen atoms in total. The van der Waals surface area contributed by atoms with Gasteiger partial charge in [0.15, 0.2) is 5.65 Å². The Balaban J connectivity index is 2.74. The van der Waals surface area contributed by atoms with Crippen LogP contribution in [0.5, 0.6) is 0 Å². The number of carboxylic acids is 1. The number of aromatic nitrogens is 3. The highest BCUT2D eigenvalue weighted by Crippen LogP contribution is 2.00. The third-order valence-corrected chi connectivity index (χ3v) is 1.61. The first-order chi connectivity index (χ1) is 6.16. The number of aromatic carboxylic acids is 1. The Morgan fingerprint density at radius 3 is 3.00 bits per heavy atom. The van der Waals surface area contributed by atoms with Crippen molar-refractivity contribution < 1.29 is 9.90 Å². The predicted molar refractivity (Wildman–Crippen MR) is 42.8 cm³/mol. The van der Waals surface area contributed by atoms with Gasteiger partial charge in [0.2, 0.25) is 0 Å². The lowest BCUT2D eigenvalue weighted by Crippen LogP contribution is -2.03. The number of carbonyl (C=O) groups is 1. The second kappa shape index (κ2) is 2.44. The molecule has 66 valence electrons. The Morgan fingerprint density at radius 2 is 2.31 bits per heavy atom. The second-order valence-electron chi connectivity index (χ2n) is 2.48. The van der Waals surface area contributed by atoms with Gasteiger partial charge < -0.3 is 5.11 Å². The maximum Gasteiger partial charge on any atom is 0.362 e. The molecule has 6 heteroatoms. The van der Waals surface area contributed by atoms with E-state index in [0.717, 1.165) is 0 Å². The van der Waals surface area contributed by atoms with Gasteiger partial charge in [0.05, 0.1) is 5.56 Å². The van der Waals surface area contributed by atoms with E-state index in [1.807, 2.05) is 0 Å². The van der Waals surface area contributed by atoms with Crippen LogP contribution in [0.15, 0.2) is 23.1 Å². The summed E-state index contributed by atoms with van der Waals surface area (Å²) in [5.41, 5.74) is -0.00121. The Labute approximate surface area is 71.4 Å². The molecule has 2 aromatic rings. The van der Waals surface area contributed by atoms with Crippen molar-refractivity contribution in [1.82, 2.24) is 14.6 Å². The summed E-state index contributed by atoms with van der Waals surface area (Å²) < 4.78 is 1.27. The van der Waals surface area contributed by atoms with Crippen LogP contribution in [0.4, 0.5) is 0 Å². The van der Waals surface area contributed by atoms with Gasteiger partial charge in [0.25, 0.3) is 0 Å². The summed E-state index contributed by atoms with van der Waals surface area (Å²) in [6.07, 6.45) is 1.30. The minimum absolute atomic E-state index is 0.0983. The molecule has 0 amide bonds. The molecular weight excluding hydrogens is 174 g/mol. The molecule has 2 heterocycles. The first-order valence-corrected chi connectivity index (χ1v) is 3.48. The monoisotopic (exact) mass is 179 g/mol. The van der Waals surface area contributed by atoms with E-state index in [2.05, 4.69) is 10.1 Å². The quantitative estimate of drug-likeness (QED) is 0.630. The van der Waals surface area contributed by atoms with Gasteiger partial charge in [-0.1, -0.05) is 0 Å². The number of rotatable bonds is 1. The normalized spacial score (nSPS) is 10.5. The lowest BCUT2D eigenvalue weighted by molar-refractivity contribution is 0.0696. The zero-order chi connectivity index (χ0) is 9.42. The summed E-state index contributed by atoms with van der Waals surface area (Å²) in [4.78, 5) is 24.8. The van der Waals surface area contributed by atoms with Gasteiger partial charge in [0.1, 0.15) is 0 Å². The molecule has 0 unspecified atom stereocenters. The predicted octanol–water partition coefficient (Wildman–Crippen LogP) is -0.279. The molecule has 0 spiro atoms. The first kappa shape index (κ1) is 7.53. The lowest BCUT2D eigenvalue weighted by Gasteiger charge is -1.94. The second-order valence-corrected chi connectivity index (χ2v) is 2.48. The molecule has 0 saturated carbocycles. The minimum Gasteiger partial charge on any atom is -0.478 e. The molecule has 0 radical (unpaired) electrons. The van der Waals surface area contributed by atoms with Crippen molar-refractivity contribution in [3.63, 3.8) is 0 Å². The van der Waals surface area contributed by atoms with E-state index in [9.17, 15) is 9.59 Å². The highest BCUT2D eigenvalue weighted by Gasteiger charge is 2.04. The highest BCUT2D eigenvalue weighted by atomic mass is 16.4. The Hall–Kier alpha value is -2.11. The van der Waals surface area contributed by atoms with Crippen LogP contribution in [-0.4, -0.2) is 25.7 Å². The fourth-order valence-electron chi connectivity index (χ4n) is 1.03. The van der Waals surface area contributed by atoms with Gasteiger partial charge >= 0.3 is 11.7 Å². The number of fused-ring (bicyclic) bond motifs is 1. The number of pyridine rings is 1. The van der Waals surface area contributed by atoms with E-state index in [1.54, 1.807) is 0 Å². The molecule has 0 aliphatic heterocycles. The lowest BCUT2D eigenvalue weighted by atomic mass is 10.3. The van der Waals surface area contributed by atoms with Crippen LogP contribution in [0, 0.1) is 0 Å². The van der Waals surface area contributed by atoms with Crippen LogP contribution in [0.3, 0.4) is 0 Å². The summed E-state index contributed by atoms with van der Waals surface area (Å²) in [6.45, 7) is 0. The summed E-state index contributed by atoms with van der Waals surface area (Å²) in [5.74, 6) is -1.04. The van der Waals surface area contributed by atoms with Crippen molar-refractivity contribution in [2.75, 3.05) is 0 Å². The number of aromatic amines is 1. The van der Waals surface area contributed by atoms with E-state index in [-0.39, 0.29) is 5.56 Å². The summed E-state index contributed by atoms with van der Waals surface area (Å²) in [5, 5.41) is 11.0. The molecule has 0 fully saturated rings. The van der Waals surface area contributed by atoms with Crippen LogP contribution in [-0.2, 0) is 0 Å². The topological polar surface area (TPSA) is 87.5 Å². The molecule has 2 N–H and O–H groups in total. The standard InChI is InChI=1S/C7H5N3O3/c11-6(12)4-1-2-5-8-7(13)9-10(5)3-4/h1-3H,(H,9,13)(H,11,12). The third kappa shape index (κ3) is 1.18. The van der Waals surface area contributed by atoms with E-state index in [1.165, 1.54) is 22.8 Å². The third-order valence-electron chi connectivity index (χ3n) is 1.61. The molecule has 0 aliphatic rings. The van der Waals surface area contributed by atoms with Gasteiger partial charge in [-0.05, 0) is 12.1 Å². The molecule has 0 aromatic carbocycles. The molecule has 2 rings (SSSR count). The van der Waals surface area contributed by atoms with Crippen LogP contribution < -0.4 is 5.69 Å². The SMILES string of the molecule is O=C(O)c1ccc2nc(=O)[nH]n2c1. The summed E-state index contributed by atoms with van der Waals surface area (Å²) in [6, 6.07) is 2.85. The Morgan fingerprint density at radius 1 is 1.54 bits per heavy atom. The number of H-pyrrole nitrogens is 1. The van der Waals surface area contributed by atoms with Crippen LogP contribution >= 0.6 is 0 Å². The van der Waals surface area contributed by atoms with Gasteiger partial charge in [-0.2, -0.15) is 4.98 Å². The molecule has 0 bridgehead atoms.